The van der Waals surface area contributed by atoms with Gasteiger partial charge in [0.05, 0.1) is 23.7 Å². The van der Waals surface area contributed by atoms with Gasteiger partial charge in [-0.2, -0.15) is 5.26 Å². The first-order valence-corrected chi connectivity index (χ1v) is 12.1. The number of anilines is 1. The molecule has 1 amide bonds. The molecule has 0 bridgehead atoms. The summed E-state index contributed by atoms with van der Waals surface area (Å²) in [6, 6.07) is 20.3. The van der Waals surface area contributed by atoms with E-state index < -0.39 is 5.82 Å². The maximum Gasteiger partial charge on any atom is 0.227 e. The van der Waals surface area contributed by atoms with Crippen molar-refractivity contribution in [2.75, 3.05) is 12.3 Å². The molecule has 0 atom stereocenters. The molecule has 7 nitrogen and oxygen atoms in total. The van der Waals surface area contributed by atoms with Crippen LogP contribution in [-0.4, -0.2) is 31.7 Å². The Labute approximate surface area is 212 Å². The summed E-state index contributed by atoms with van der Waals surface area (Å²) in [5, 5.41) is 9.74. The number of hydrogen-bond donors (Lipinski definition) is 1. The minimum absolute atomic E-state index is 0.0496. The molecule has 0 aliphatic carbocycles. The molecule has 3 heterocycles. The fourth-order valence-corrected chi connectivity index (χ4v) is 5.16. The Hall–Kier alpha value is -4.77. The third-order valence-corrected chi connectivity index (χ3v) is 6.96. The first-order chi connectivity index (χ1) is 18.0. The maximum absolute atomic E-state index is 14.3. The molecule has 5 aromatic rings. The van der Waals surface area contributed by atoms with Gasteiger partial charge in [0.15, 0.2) is 0 Å². The molecule has 3 aromatic carbocycles. The van der Waals surface area contributed by atoms with E-state index >= 15 is 0 Å². The van der Waals surface area contributed by atoms with Crippen LogP contribution in [0.2, 0.25) is 0 Å². The number of nitriles is 1. The molecule has 0 radical (unpaired) electrons. The fraction of sp³-hybridized carbons (Fsp3) is 0.172. The van der Waals surface area contributed by atoms with Crippen LogP contribution in [0.4, 0.5) is 10.3 Å². The van der Waals surface area contributed by atoms with Crippen LogP contribution >= 0.6 is 0 Å². The Morgan fingerprint density at radius 1 is 1.11 bits per heavy atom. The Morgan fingerprint density at radius 3 is 2.81 bits per heavy atom. The predicted molar refractivity (Wildman–Crippen MR) is 138 cm³/mol. The number of rotatable bonds is 4. The predicted octanol–water partition coefficient (Wildman–Crippen LogP) is 4.19. The van der Waals surface area contributed by atoms with E-state index in [0.29, 0.717) is 36.1 Å². The van der Waals surface area contributed by atoms with Crippen LogP contribution < -0.4 is 5.73 Å². The monoisotopic (exact) mass is 490 g/mol. The van der Waals surface area contributed by atoms with Gasteiger partial charge in [-0.15, -0.1) is 0 Å². The van der Waals surface area contributed by atoms with Crippen LogP contribution in [0.5, 0.6) is 0 Å². The number of imidazole rings is 1. The van der Waals surface area contributed by atoms with Crippen LogP contribution in [0.15, 0.2) is 66.9 Å². The molecule has 0 unspecified atom stereocenters. The maximum atomic E-state index is 14.3. The zero-order valence-corrected chi connectivity index (χ0v) is 20.0. The van der Waals surface area contributed by atoms with Gasteiger partial charge < -0.3 is 10.6 Å². The van der Waals surface area contributed by atoms with E-state index in [-0.39, 0.29) is 23.8 Å². The minimum Gasteiger partial charge on any atom is -0.369 e. The summed E-state index contributed by atoms with van der Waals surface area (Å²) in [7, 11) is 0. The summed E-state index contributed by atoms with van der Waals surface area (Å²) < 4.78 is 16.0. The lowest BCUT2D eigenvalue weighted by Gasteiger charge is -2.30. The smallest absolute Gasteiger partial charge is 0.227 e. The SMILES string of the molecule is N#Cc1cccc(CC(=O)N2CCc3c(Cc4cn5c(N)nc6c(F)cccc6c5n4)cccc3C2)c1. The molecule has 0 saturated carbocycles. The van der Waals surface area contributed by atoms with E-state index in [1.807, 2.05) is 23.2 Å². The number of benzene rings is 3. The zero-order valence-electron chi connectivity index (χ0n) is 20.0. The molecule has 6 rings (SSSR count). The Bertz CT molecular complexity index is 1730. The van der Waals surface area contributed by atoms with E-state index in [1.165, 1.54) is 11.6 Å². The molecule has 2 N–H and O–H groups in total. The number of hydrogen-bond acceptors (Lipinski definition) is 5. The van der Waals surface area contributed by atoms with Gasteiger partial charge in [0.25, 0.3) is 0 Å². The Morgan fingerprint density at radius 2 is 1.95 bits per heavy atom. The summed E-state index contributed by atoms with van der Waals surface area (Å²) in [5.41, 5.74) is 12.6. The van der Waals surface area contributed by atoms with Gasteiger partial charge in [0.1, 0.15) is 17.0 Å². The zero-order chi connectivity index (χ0) is 25.5. The topological polar surface area (TPSA) is 100 Å². The largest absolute Gasteiger partial charge is 0.369 e. The van der Waals surface area contributed by atoms with Crippen molar-refractivity contribution in [3.8, 4) is 6.07 Å². The Kier molecular flexibility index (Phi) is 5.53. The molecule has 8 heteroatoms. The van der Waals surface area contributed by atoms with Crippen molar-refractivity contribution in [3.63, 3.8) is 0 Å². The average Bonchev–Trinajstić information content (AvgIpc) is 3.34. The number of carbonyl (C=O) groups excluding carboxylic acids is 1. The third-order valence-electron chi connectivity index (χ3n) is 6.96. The number of aromatic nitrogens is 3. The molecule has 1 aliphatic rings. The number of halogens is 1. The fourth-order valence-electron chi connectivity index (χ4n) is 5.16. The van der Waals surface area contributed by atoms with E-state index in [9.17, 15) is 9.18 Å². The van der Waals surface area contributed by atoms with Crippen molar-refractivity contribution in [3.05, 3.63) is 106 Å². The van der Waals surface area contributed by atoms with Crippen molar-refractivity contribution >= 4 is 28.4 Å². The number of para-hydroxylation sites is 1. The van der Waals surface area contributed by atoms with E-state index in [2.05, 4.69) is 23.2 Å². The standard InChI is InChI=1S/C29H23FN6O/c30-25-9-3-8-24-27(25)34-29(32)36-17-22(33-28(24)36)14-20-6-2-7-21-16-35(11-10-23(20)21)26(37)13-18-4-1-5-19(12-18)15-31/h1-9,12,17H,10-11,13-14,16H2,(H2,32,34). The third kappa shape index (κ3) is 4.15. The lowest BCUT2D eigenvalue weighted by molar-refractivity contribution is -0.131. The normalized spacial score (nSPS) is 13.0. The Balaban J connectivity index is 1.25. The van der Waals surface area contributed by atoms with Crippen molar-refractivity contribution in [1.29, 1.82) is 5.26 Å². The molecule has 37 heavy (non-hydrogen) atoms. The number of nitrogens with zero attached hydrogens (tertiary/aromatic N) is 5. The highest BCUT2D eigenvalue weighted by atomic mass is 19.1. The first-order valence-electron chi connectivity index (χ1n) is 12.1. The average molecular weight is 491 g/mol. The minimum atomic E-state index is -0.426. The second-order valence-corrected chi connectivity index (χ2v) is 9.32. The lowest BCUT2D eigenvalue weighted by atomic mass is 9.92. The summed E-state index contributed by atoms with van der Waals surface area (Å²) in [4.78, 5) is 23.9. The van der Waals surface area contributed by atoms with Crippen molar-refractivity contribution in [2.45, 2.75) is 25.8 Å². The quantitative estimate of drug-likeness (QED) is 0.407. The van der Waals surface area contributed by atoms with Crippen LogP contribution in [0.25, 0.3) is 16.6 Å². The van der Waals surface area contributed by atoms with Crippen LogP contribution in [0, 0.1) is 17.1 Å². The van der Waals surface area contributed by atoms with Gasteiger partial charge in [0, 0.05) is 31.1 Å². The second kappa shape index (κ2) is 9.03. The summed E-state index contributed by atoms with van der Waals surface area (Å²) in [5.74, 6) is -0.185. The van der Waals surface area contributed by atoms with Gasteiger partial charge in [-0.3, -0.25) is 9.20 Å². The molecule has 0 fully saturated rings. The van der Waals surface area contributed by atoms with Gasteiger partial charge in [-0.05, 0) is 52.9 Å². The van der Waals surface area contributed by atoms with Crippen molar-refractivity contribution < 1.29 is 9.18 Å². The van der Waals surface area contributed by atoms with Crippen molar-refractivity contribution in [1.82, 2.24) is 19.3 Å². The first kappa shape index (κ1) is 22.7. The van der Waals surface area contributed by atoms with Gasteiger partial charge in [-0.25, -0.2) is 14.4 Å². The number of fused-ring (bicyclic) bond motifs is 4. The molecular weight excluding hydrogens is 467 g/mol. The van der Waals surface area contributed by atoms with Crippen molar-refractivity contribution in [2.24, 2.45) is 0 Å². The summed E-state index contributed by atoms with van der Waals surface area (Å²) in [6.07, 6.45) is 3.47. The second-order valence-electron chi connectivity index (χ2n) is 9.32. The van der Waals surface area contributed by atoms with Gasteiger partial charge >= 0.3 is 0 Å². The highest BCUT2D eigenvalue weighted by molar-refractivity contribution is 5.92. The lowest BCUT2D eigenvalue weighted by Crippen LogP contribution is -2.37. The van der Waals surface area contributed by atoms with Crippen LogP contribution in [0.3, 0.4) is 0 Å². The molecule has 182 valence electrons. The van der Waals surface area contributed by atoms with Crippen LogP contribution in [0.1, 0.15) is 33.5 Å². The molecule has 0 saturated heterocycles. The van der Waals surface area contributed by atoms with E-state index in [1.54, 1.807) is 34.7 Å². The number of nitrogen functional groups attached to an aromatic ring is 1. The van der Waals surface area contributed by atoms with E-state index in [0.717, 1.165) is 28.8 Å². The summed E-state index contributed by atoms with van der Waals surface area (Å²) in [6.45, 7) is 1.18. The number of amides is 1. The highest BCUT2D eigenvalue weighted by Crippen LogP contribution is 2.27. The number of nitrogens with two attached hydrogens (primary N) is 1. The molecular formula is C29H23FN6O. The van der Waals surface area contributed by atoms with Crippen LogP contribution in [-0.2, 0) is 30.6 Å². The molecule has 0 spiro atoms. The highest BCUT2D eigenvalue weighted by Gasteiger charge is 2.23. The van der Waals surface area contributed by atoms with Gasteiger partial charge in [0.2, 0.25) is 11.9 Å². The molecule has 1 aliphatic heterocycles. The molecule has 2 aromatic heterocycles. The van der Waals surface area contributed by atoms with E-state index in [4.69, 9.17) is 16.0 Å². The number of carbonyl (C=O) groups is 1. The summed E-state index contributed by atoms with van der Waals surface area (Å²) >= 11 is 0. The van der Waals surface area contributed by atoms with Gasteiger partial charge in [-0.1, -0.05) is 36.4 Å².